The van der Waals surface area contributed by atoms with Crippen LogP contribution in [0.4, 0.5) is 0 Å². The third kappa shape index (κ3) is 5.42. The summed E-state index contributed by atoms with van der Waals surface area (Å²) >= 11 is 12.1. The zero-order valence-electron chi connectivity index (χ0n) is 18.0. The van der Waals surface area contributed by atoms with Gasteiger partial charge >= 0.3 is 0 Å². The van der Waals surface area contributed by atoms with E-state index in [1.807, 2.05) is 17.0 Å². The number of aromatic nitrogens is 1. The third-order valence-corrected chi connectivity index (χ3v) is 7.23. The van der Waals surface area contributed by atoms with E-state index in [0.29, 0.717) is 54.3 Å². The van der Waals surface area contributed by atoms with Crippen molar-refractivity contribution in [3.63, 3.8) is 0 Å². The molecular weight excluding hydrogens is 447 g/mol. The molecule has 2 amide bonds. The Kier molecular flexibility index (Phi) is 7.66. The van der Waals surface area contributed by atoms with Crippen LogP contribution in [0.1, 0.15) is 41.6 Å². The molecule has 1 aromatic carbocycles. The van der Waals surface area contributed by atoms with Crippen LogP contribution >= 0.6 is 23.2 Å². The number of hydrogen-bond acceptors (Lipinski definition) is 4. The van der Waals surface area contributed by atoms with Gasteiger partial charge in [0.1, 0.15) is 0 Å². The van der Waals surface area contributed by atoms with E-state index in [4.69, 9.17) is 23.2 Å². The lowest BCUT2D eigenvalue weighted by molar-refractivity contribution is -0.129. The second kappa shape index (κ2) is 10.6. The summed E-state index contributed by atoms with van der Waals surface area (Å²) in [6.07, 6.45) is 7.98. The lowest BCUT2D eigenvalue weighted by atomic mass is 9.94. The van der Waals surface area contributed by atoms with Crippen molar-refractivity contribution in [3.8, 4) is 0 Å². The van der Waals surface area contributed by atoms with E-state index >= 15 is 0 Å². The highest BCUT2D eigenvalue weighted by Gasteiger charge is 2.37. The number of hydrogen-bond donors (Lipinski definition) is 1. The standard InChI is InChI=1S/C24H28Cl2N4O2/c25-20-6-5-19(15-21(20)26)24(32)30-13-11-29(12-14-30)22(18-3-1-2-4-18)23(31)28-16-17-7-9-27-10-8-17/h5-10,15,18,22H,1-4,11-14,16H2,(H,28,31). The first kappa shape index (κ1) is 23.0. The van der Waals surface area contributed by atoms with Crippen molar-refractivity contribution in [2.24, 2.45) is 5.92 Å². The molecule has 0 spiro atoms. The monoisotopic (exact) mass is 474 g/mol. The molecule has 170 valence electrons. The molecule has 2 fully saturated rings. The highest BCUT2D eigenvalue weighted by atomic mass is 35.5. The minimum Gasteiger partial charge on any atom is -0.351 e. The maximum atomic E-state index is 13.2. The fraction of sp³-hybridized carbons (Fsp3) is 0.458. The SMILES string of the molecule is O=C(NCc1ccncc1)C(C1CCCC1)N1CCN(C(=O)c2ccc(Cl)c(Cl)c2)CC1. The number of piperazine rings is 1. The van der Waals surface area contributed by atoms with Crippen LogP contribution in [0.15, 0.2) is 42.7 Å². The zero-order chi connectivity index (χ0) is 22.5. The summed E-state index contributed by atoms with van der Waals surface area (Å²) in [5.74, 6) is 0.394. The van der Waals surface area contributed by atoms with Crippen LogP contribution in [0.2, 0.25) is 10.0 Å². The molecule has 1 saturated carbocycles. The van der Waals surface area contributed by atoms with E-state index in [1.165, 1.54) is 12.8 Å². The van der Waals surface area contributed by atoms with Gasteiger partial charge in [-0.25, -0.2) is 0 Å². The maximum absolute atomic E-state index is 13.2. The summed E-state index contributed by atoms with van der Waals surface area (Å²) in [7, 11) is 0. The fourth-order valence-corrected chi connectivity index (χ4v) is 5.06. The Morgan fingerprint density at radius 3 is 2.34 bits per heavy atom. The predicted molar refractivity (Wildman–Crippen MR) is 126 cm³/mol. The Bertz CT molecular complexity index is 942. The molecule has 2 heterocycles. The van der Waals surface area contributed by atoms with Crippen LogP contribution in [0.3, 0.4) is 0 Å². The smallest absolute Gasteiger partial charge is 0.253 e. The molecule has 1 N–H and O–H groups in total. The number of pyridine rings is 1. The van der Waals surface area contributed by atoms with Crippen molar-refractivity contribution in [1.29, 1.82) is 0 Å². The summed E-state index contributed by atoms with van der Waals surface area (Å²) in [5, 5.41) is 3.94. The summed E-state index contributed by atoms with van der Waals surface area (Å²) in [6.45, 7) is 3.02. The third-order valence-electron chi connectivity index (χ3n) is 6.49. The van der Waals surface area contributed by atoms with Gasteiger partial charge < -0.3 is 10.2 Å². The molecule has 0 radical (unpaired) electrons. The first-order chi connectivity index (χ1) is 15.5. The van der Waals surface area contributed by atoms with Crippen LogP contribution in [0.25, 0.3) is 0 Å². The Labute approximate surface area is 198 Å². The van der Waals surface area contributed by atoms with Crippen LogP contribution in [0, 0.1) is 5.92 Å². The molecule has 6 nitrogen and oxygen atoms in total. The van der Waals surface area contributed by atoms with Crippen LogP contribution in [0.5, 0.6) is 0 Å². The topological polar surface area (TPSA) is 65.5 Å². The van der Waals surface area contributed by atoms with Crippen molar-refractivity contribution < 1.29 is 9.59 Å². The molecule has 8 heteroatoms. The summed E-state index contributed by atoms with van der Waals surface area (Å²) < 4.78 is 0. The average Bonchev–Trinajstić information content (AvgIpc) is 3.35. The first-order valence-electron chi connectivity index (χ1n) is 11.2. The lowest BCUT2D eigenvalue weighted by Crippen LogP contribution is -2.57. The molecule has 1 atom stereocenters. The minimum absolute atomic E-state index is 0.0530. The van der Waals surface area contributed by atoms with Gasteiger partial charge in [-0.05, 0) is 54.7 Å². The van der Waals surface area contributed by atoms with Gasteiger partial charge in [-0.1, -0.05) is 36.0 Å². The van der Waals surface area contributed by atoms with Crippen molar-refractivity contribution >= 4 is 35.0 Å². The van der Waals surface area contributed by atoms with Gasteiger partial charge in [-0.2, -0.15) is 0 Å². The zero-order valence-corrected chi connectivity index (χ0v) is 19.5. The number of carbonyl (C=O) groups excluding carboxylic acids is 2. The second-order valence-electron chi connectivity index (χ2n) is 8.52. The van der Waals surface area contributed by atoms with Gasteiger partial charge in [-0.3, -0.25) is 19.5 Å². The predicted octanol–water partition coefficient (Wildman–Crippen LogP) is 4.02. The number of carbonyl (C=O) groups is 2. The first-order valence-corrected chi connectivity index (χ1v) is 11.9. The van der Waals surface area contributed by atoms with Gasteiger partial charge in [0.25, 0.3) is 5.91 Å². The summed E-state index contributed by atoms with van der Waals surface area (Å²) in [6, 6.07) is 8.65. The van der Waals surface area contributed by atoms with E-state index in [2.05, 4.69) is 15.2 Å². The molecule has 1 aliphatic carbocycles. The molecule has 1 saturated heterocycles. The van der Waals surface area contributed by atoms with Gasteiger partial charge in [0, 0.05) is 50.7 Å². The quantitative estimate of drug-likeness (QED) is 0.686. The van der Waals surface area contributed by atoms with Crippen molar-refractivity contribution in [1.82, 2.24) is 20.1 Å². The normalized spacial score (nSPS) is 18.5. The largest absolute Gasteiger partial charge is 0.351 e. The van der Waals surface area contributed by atoms with E-state index in [-0.39, 0.29) is 17.9 Å². The van der Waals surface area contributed by atoms with E-state index in [1.54, 1.807) is 30.6 Å². The van der Waals surface area contributed by atoms with E-state index in [0.717, 1.165) is 18.4 Å². The van der Waals surface area contributed by atoms with Crippen molar-refractivity contribution in [2.75, 3.05) is 26.2 Å². The lowest BCUT2D eigenvalue weighted by Gasteiger charge is -2.40. The Morgan fingerprint density at radius 2 is 1.69 bits per heavy atom. The molecular formula is C24H28Cl2N4O2. The second-order valence-corrected chi connectivity index (χ2v) is 9.33. The molecule has 1 unspecified atom stereocenters. The summed E-state index contributed by atoms with van der Waals surface area (Å²) in [5.41, 5.74) is 1.57. The molecule has 1 aromatic heterocycles. The highest BCUT2D eigenvalue weighted by molar-refractivity contribution is 6.42. The van der Waals surface area contributed by atoms with Gasteiger partial charge in [0.05, 0.1) is 16.1 Å². The number of nitrogens with zero attached hydrogens (tertiary/aromatic N) is 3. The number of amides is 2. The van der Waals surface area contributed by atoms with Crippen molar-refractivity contribution in [3.05, 3.63) is 63.9 Å². The molecule has 0 bridgehead atoms. The Balaban J connectivity index is 1.39. The molecule has 2 aliphatic rings. The van der Waals surface area contributed by atoms with Crippen LogP contribution in [-0.2, 0) is 11.3 Å². The van der Waals surface area contributed by atoms with Gasteiger partial charge in [-0.15, -0.1) is 0 Å². The van der Waals surface area contributed by atoms with Crippen LogP contribution < -0.4 is 5.32 Å². The number of halogens is 2. The average molecular weight is 475 g/mol. The number of benzene rings is 1. The fourth-order valence-electron chi connectivity index (χ4n) is 4.76. The number of rotatable bonds is 6. The molecule has 32 heavy (non-hydrogen) atoms. The van der Waals surface area contributed by atoms with Gasteiger partial charge in [0.15, 0.2) is 0 Å². The molecule has 4 rings (SSSR count). The maximum Gasteiger partial charge on any atom is 0.253 e. The Morgan fingerprint density at radius 1 is 1.00 bits per heavy atom. The summed E-state index contributed by atoms with van der Waals surface area (Å²) in [4.78, 5) is 34.3. The van der Waals surface area contributed by atoms with Crippen molar-refractivity contribution in [2.45, 2.75) is 38.3 Å². The minimum atomic E-state index is -0.151. The molecule has 1 aliphatic heterocycles. The molecule has 2 aromatic rings. The van der Waals surface area contributed by atoms with E-state index in [9.17, 15) is 9.59 Å². The number of nitrogens with one attached hydrogen (secondary N) is 1. The Hall–Kier alpha value is -2.15. The van der Waals surface area contributed by atoms with Crippen LogP contribution in [-0.4, -0.2) is 58.8 Å². The van der Waals surface area contributed by atoms with Gasteiger partial charge in [0.2, 0.25) is 5.91 Å². The highest BCUT2D eigenvalue weighted by Crippen LogP contribution is 2.31. The van der Waals surface area contributed by atoms with E-state index < -0.39 is 0 Å².